The second kappa shape index (κ2) is 9.29. The van der Waals surface area contributed by atoms with E-state index in [0.29, 0.717) is 32.6 Å². The van der Waals surface area contributed by atoms with E-state index in [1.807, 2.05) is 35.0 Å². The van der Waals surface area contributed by atoms with Crippen molar-refractivity contribution in [2.45, 2.75) is 13.1 Å². The van der Waals surface area contributed by atoms with Crippen LogP contribution in [0.5, 0.6) is 0 Å². The maximum absolute atomic E-state index is 14.2. The molecule has 0 N–H and O–H groups in total. The van der Waals surface area contributed by atoms with Crippen molar-refractivity contribution < 1.29 is 14.0 Å². The summed E-state index contributed by atoms with van der Waals surface area (Å²) in [6, 6.07) is 19.4. The number of aromatic nitrogens is 1. The fraction of sp³-hybridized carbons (Fsp3) is 0.0769. The molecule has 0 bridgehead atoms. The van der Waals surface area contributed by atoms with Gasteiger partial charge in [0.1, 0.15) is 5.82 Å². The highest BCUT2D eigenvalue weighted by Gasteiger charge is 2.35. The summed E-state index contributed by atoms with van der Waals surface area (Å²) in [5.41, 5.74) is 2.97. The van der Waals surface area contributed by atoms with E-state index in [4.69, 9.17) is 23.2 Å². The summed E-state index contributed by atoms with van der Waals surface area (Å²) in [5.74, 6) is -0.641. The zero-order valence-corrected chi connectivity index (χ0v) is 20.0. The Balaban J connectivity index is 1.46. The summed E-state index contributed by atoms with van der Waals surface area (Å²) in [5, 5.41) is 1.34. The van der Waals surface area contributed by atoms with Crippen molar-refractivity contribution in [1.82, 2.24) is 9.47 Å². The van der Waals surface area contributed by atoms with Gasteiger partial charge in [0, 0.05) is 28.2 Å². The third-order valence-electron chi connectivity index (χ3n) is 5.60. The van der Waals surface area contributed by atoms with Crippen LogP contribution < -0.4 is 0 Å². The monoisotopic (exact) mass is 510 g/mol. The first-order chi connectivity index (χ1) is 16.4. The third-order valence-corrected chi connectivity index (χ3v) is 7.25. The molecular formula is C26H17Cl2FN2O2S. The van der Waals surface area contributed by atoms with E-state index in [2.05, 4.69) is 0 Å². The predicted octanol–water partition coefficient (Wildman–Crippen LogP) is 7.37. The van der Waals surface area contributed by atoms with Gasteiger partial charge in [-0.25, -0.2) is 4.39 Å². The molecular weight excluding hydrogens is 494 g/mol. The molecule has 0 spiro atoms. The number of carbonyl (C=O) groups is 2. The summed E-state index contributed by atoms with van der Waals surface area (Å²) in [4.78, 5) is 27.2. The Morgan fingerprint density at radius 2 is 1.68 bits per heavy atom. The number of nitrogens with zero attached hydrogens (tertiary/aromatic N) is 2. The highest BCUT2D eigenvalue weighted by molar-refractivity contribution is 8.18. The van der Waals surface area contributed by atoms with Crippen LogP contribution in [0.25, 0.3) is 17.0 Å². The Morgan fingerprint density at radius 1 is 0.912 bits per heavy atom. The number of rotatable bonds is 5. The van der Waals surface area contributed by atoms with Crippen LogP contribution in [0.15, 0.2) is 77.8 Å². The minimum Gasteiger partial charge on any atom is -0.342 e. The van der Waals surface area contributed by atoms with Gasteiger partial charge in [-0.05, 0) is 47.7 Å². The quantitative estimate of drug-likeness (QED) is 0.263. The number of para-hydroxylation sites is 1. The lowest BCUT2D eigenvalue weighted by Crippen LogP contribution is -2.27. The lowest BCUT2D eigenvalue weighted by molar-refractivity contribution is -0.123. The molecule has 1 aliphatic rings. The van der Waals surface area contributed by atoms with Crippen LogP contribution in [-0.4, -0.2) is 20.6 Å². The largest absolute Gasteiger partial charge is 0.342 e. The van der Waals surface area contributed by atoms with Crippen molar-refractivity contribution in [1.29, 1.82) is 0 Å². The first-order valence-corrected chi connectivity index (χ1v) is 12.0. The number of benzene rings is 3. The van der Waals surface area contributed by atoms with E-state index in [0.717, 1.165) is 28.2 Å². The molecule has 0 radical (unpaired) electrons. The molecule has 8 heteroatoms. The number of halogens is 3. The standard InChI is InChI=1S/C26H17Cl2FN2O2S/c27-20-10-9-16(11-21(20)28)13-31-25(32)24(34-26(31)33)12-18-15-30(23-8-4-2-6-19(18)23)14-17-5-1-3-7-22(17)29/h1-12,15H,13-14H2. The lowest BCUT2D eigenvalue weighted by atomic mass is 10.1. The first-order valence-electron chi connectivity index (χ1n) is 10.4. The van der Waals surface area contributed by atoms with Gasteiger partial charge in [-0.15, -0.1) is 0 Å². The van der Waals surface area contributed by atoms with Crippen molar-refractivity contribution in [3.8, 4) is 0 Å². The van der Waals surface area contributed by atoms with Crippen LogP contribution in [0.2, 0.25) is 10.0 Å². The Hall–Kier alpha value is -3.06. The number of carbonyl (C=O) groups excluding carboxylic acids is 2. The molecule has 1 saturated heterocycles. The molecule has 3 aromatic carbocycles. The second-order valence-corrected chi connectivity index (χ2v) is 9.64. The number of thioether (sulfide) groups is 1. The van der Waals surface area contributed by atoms with Gasteiger partial charge in [-0.1, -0.05) is 65.7 Å². The first kappa shape index (κ1) is 22.7. The highest BCUT2D eigenvalue weighted by atomic mass is 35.5. The summed E-state index contributed by atoms with van der Waals surface area (Å²) in [6.45, 7) is 0.452. The summed E-state index contributed by atoms with van der Waals surface area (Å²) < 4.78 is 16.2. The zero-order chi connectivity index (χ0) is 23.8. The molecule has 4 aromatic rings. The summed E-state index contributed by atoms with van der Waals surface area (Å²) in [7, 11) is 0. The van der Waals surface area contributed by atoms with Gasteiger partial charge in [0.2, 0.25) is 0 Å². The Morgan fingerprint density at radius 3 is 2.47 bits per heavy atom. The minimum atomic E-state index is -0.369. The smallest absolute Gasteiger partial charge is 0.293 e. The average molecular weight is 511 g/mol. The van der Waals surface area contributed by atoms with E-state index in [-0.39, 0.29) is 23.5 Å². The normalized spacial score (nSPS) is 15.1. The average Bonchev–Trinajstić information content (AvgIpc) is 3.30. The molecule has 2 amide bonds. The molecule has 1 fully saturated rings. The van der Waals surface area contributed by atoms with Gasteiger partial charge >= 0.3 is 0 Å². The SMILES string of the molecule is O=C1SC(=Cc2cn(Cc3ccccc3F)c3ccccc23)C(=O)N1Cc1ccc(Cl)c(Cl)c1. The number of hydrogen-bond acceptors (Lipinski definition) is 3. The van der Waals surface area contributed by atoms with Crippen molar-refractivity contribution in [2.24, 2.45) is 0 Å². The molecule has 4 nitrogen and oxygen atoms in total. The van der Waals surface area contributed by atoms with Gasteiger partial charge < -0.3 is 4.57 Å². The molecule has 5 rings (SSSR count). The van der Waals surface area contributed by atoms with Gasteiger partial charge in [0.05, 0.1) is 28.0 Å². The van der Waals surface area contributed by atoms with Crippen molar-refractivity contribution in [3.05, 3.63) is 110 Å². The van der Waals surface area contributed by atoms with E-state index >= 15 is 0 Å². The van der Waals surface area contributed by atoms with Crippen molar-refractivity contribution in [3.63, 3.8) is 0 Å². The minimum absolute atomic E-state index is 0.105. The Labute approximate surface area is 209 Å². The second-order valence-electron chi connectivity index (χ2n) is 7.84. The molecule has 1 aliphatic heterocycles. The number of hydrogen-bond donors (Lipinski definition) is 0. The Kier molecular flexibility index (Phi) is 6.21. The fourth-order valence-corrected chi connectivity index (χ4v) is 5.08. The lowest BCUT2D eigenvalue weighted by Gasteiger charge is -2.12. The molecule has 0 unspecified atom stereocenters. The number of imide groups is 1. The molecule has 0 aliphatic carbocycles. The van der Waals surface area contributed by atoms with Crippen molar-refractivity contribution >= 4 is 63.1 Å². The van der Waals surface area contributed by atoms with Gasteiger partial charge in [-0.2, -0.15) is 0 Å². The van der Waals surface area contributed by atoms with Crippen molar-refractivity contribution in [2.75, 3.05) is 0 Å². The molecule has 170 valence electrons. The molecule has 2 heterocycles. The number of amides is 2. The zero-order valence-electron chi connectivity index (χ0n) is 17.7. The molecule has 0 saturated carbocycles. The maximum atomic E-state index is 14.2. The van der Waals surface area contributed by atoms with E-state index in [1.54, 1.807) is 42.5 Å². The van der Waals surface area contributed by atoms with Crippen LogP contribution >= 0.6 is 35.0 Å². The van der Waals surface area contributed by atoms with Crippen LogP contribution in [0.4, 0.5) is 9.18 Å². The summed E-state index contributed by atoms with van der Waals surface area (Å²) >= 11 is 12.9. The summed E-state index contributed by atoms with van der Waals surface area (Å²) in [6.07, 6.45) is 3.60. The van der Waals surface area contributed by atoms with Crippen LogP contribution in [0.1, 0.15) is 16.7 Å². The van der Waals surface area contributed by atoms with Gasteiger partial charge in [0.15, 0.2) is 0 Å². The highest BCUT2D eigenvalue weighted by Crippen LogP contribution is 2.35. The van der Waals surface area contributed by atoms with Gasteiger partial charge in [-0.3, -0.25) is 14.5 Å². The molecule has 0 atom stereocenters. The van der Waals surface area contributed by atoms with Gasteiger partial charge in [0.25, 0.3) is 11.1 Å². The van der Waals surface area contributed by atoms with Crippen LogP contribution in [0.3, 0.4) is 0 Å². The number of fused-ring (bicyclic) bond motifs is 1. The van der Waals surface area contributed by atoms with E-state index < -0.39 is 0 Å². The maximum Gasteiger partial charge on any atom is 0.293 e. The van der Waals surface area contributed by atoms with Crippen LogP contribution in [0, 0.1) is 5.82 Å². The molecule has 1 aromatic heterocycles. The predicted molar refractivity (Wildman–Crippen MR) is 135 cm³/mol. The Bertz CT molecular complexity index is 1480. The third kappa shape index (κ3) is 4.37. The fourth-order valence-electron chi connectivity index (χ4n) is 3.93. The topological polar surface area (TPSA) is 42.3 Å². The van der Waals surface area contributed by atoms with E-state index in [1.165, 1.54) is 11.0 Å². The molecule has 34 heavy (non-hydrogen) atoms. The van der Waals surface area contributed by atoms with Crippen LogP contribution in [-0.2, 0) is 17.9 Å². The van der Waals surface area contributed by atoms with E-state index in [9.17, 15) is 14.0 Å².